The summed E-state index contributed by atoms with van der Waals surface area (Å²) in [6.07, 6.45) is 0.739. The number of rotatable bonds is 2. The van der Waals surface area contributed by atoms with E-state index in [9.17, 15) is 5.11 Å². The van der Waals surface area contributed by atoms with Crippen LogP contribution in [0.1, 0.15) is 25.2 Å². The van der Waals surface area contributed by atoms with E-state index in [-0.39, 0.29) is 18.1 Å². The molecular formula is C12H16O4. The molecule has 1 aromatic carbocycles. The van der Waals surface area contributed by atoms with Crippen LogP contribution in [0.3, 0.4) is 0 Å². The van der Waals surface area contributed by atoms with Crippen LogP contribution in [-0.4, -0.2) is 24.9 Å². The van der Waals surface area contributed by atoms with E-state index in [1.165, 1.54) is 7.11 Å². The van der Waals surface area contributed by atoms with E-state index >= 15 is 0 Å². The first kappa shape index (κ1) is 11.2. The fourth-order valence-electron chi connectivity index (χ4n) is 1.67. The Bertz CT molecular complexity index is 364. The molecule has 0 aromatic heterocycles. The molecule has 1 aliphatic rings. The van der Waals surface area contributed by atoms with Crippen LogP contribution in [0.15, 0.2) is 18.2 Å². The second kappa shape index (κ2) is 4.72. The van der Waals surface area contributed by atoms with E-state index in [2.05, 4.69) is 0 Å². The smallest absolute Gasteiger partial charge is 0.184 e. The molecule has 1 aromatic rings. The molecule has 1 aliphatic heterocycles. The Morgan fingerprint density at radius 2 is 2.25 bits per heavy atom. The van der Waals surface area contributed by atoms with Crippen molar-refractivity contribution in [2.75, 3.05) is 13.7 Å². The Labute approximate surface area is 94.8 Å². The highest BCUT2D eigenvalue weighted by Crippen LogP contribution is 2.32. The fourth-order valence-corrected chi connectivity index (χ4v) is 1.67. The molecule has 4 heteroatoms. The lowest BCUT2D eigenvalue weighted by Gasteiger charge is -2.28. The van der Waals surface area contributed by atoms with Crippen LogP contribution in [0.4, 0.5) is 0 Å². The quantitative estimate of drug-likeness (QED) is 0.836. The zero-order chi connectivity index (χ0) is 11.5. The topological polar surface area (TPSA) is 47.9 Å². The molecule has 0 radical (unpaired) electrons. The van der Waals surface area contributed by atoms with E-state index in [1.807, 2.05) is 6.92 Å². The normalized spacial score (nSPS) is 25.4. The Hall–Kier alpha value is -1.26. The zero-order valence-electron chi connectivity index (χ0n) is 9.47. The maximum atomic E-state index is 9.48. The van der Waals surface area contributed by atoms with E-state index in [4.69, 9.17) is 14.2 Å². The zero-order valence-corrected chi connectivity index (χ0v) is 9.47. The fraction of sp³-hybridized carbons (Fsp3) is 0.500. The average molecular weight is 224 g/mol. The monoisotopic (exact) mass is 224 g/mol. The molecule has 1 N–H and O–H groups in total. The number of aromatic hydroxyl groups is 1. The molecule has 1 saturated heterocycles. The first-order valence-electron chi connectivity index (χ1n) is 5.34. The number of hydrogen-bond donors (Lipinski definition) is 1. The highest BCUT2D eigenvalue weighted by molar-refractivity contribution is 5.42. The number of ether oxygens (including phenoxy) is 3. The van der Waals surface area contributed by atoms with Crippen LogP contribution in [0, 0.1) is 0 Å². The first-order valence-corrected chi connectivity index (χ1v) is 5.34. The van der Waals surface area contributed by atoms with Crippen molar-refractivity contribution < 1.29 is 19.3 Å². The minimum atomic E-state index is -0.363. The molecule has 0 spiro atoms. The van der Waals surface area contributed by atoms with Gasteiger partial charge in [-0.3, -0.25) is 0 Å². The summed E-state index contributed by atoms with van der Waals surface area (Å²) in [7, 11) is 1.52. The minimum absolute atomic E-state index is 0.120. The SMILES string of the molecule is COc1cc(C2OCCC(C)O2)ccc1O. The molecule has 88 valence electrons. The van der Waals surface area contributed by atoms with Crippen molar-refractivity contribution in [2.24, 2.45) is 0 Å². The van der Waals surface area contributed by atoms with E-state index < -0.39 is 0 Å². The van der Waals surface area contributed by atoms with Gasteiger partial charge in [0.05, 0.1) is 19.8 Å². The molecule has 0 saturated carbocycles. The Morgan fingerprint density at radius 3 is 2.94 bits per heavy atom. The van der Waals surface area contributed by atoms with Crippen LogP contribution in [0.5, 0.6) is 11.5 Å². The van der Waals surface area contributed by atoms with Gasteiger partial charge >= 0.3 is 0 Å². The number of phenolic OH excluding ortho intramolecular Hbond substituents is 1. The van der Waals surface area contributed by atoms with Crippen LogP contribution in [0.2, 0.25) is 0 Å². The van der Waals surface area contributed by atoms with Gasteiger partial charge in [0.1, 0.15) is 0 Å². The molecule has 2 unspecified atom stereocenters. The maximum Gasteiger partial charge on any atom is 0.184 e. The van der Waals surface area contributed by atoms with Crippen molar-refractivity contribution in [2.45, 2.75) is 25.7 Å². The van der Waals surface area contributed by atoms with Gasteiger partial charge in [-0.25, -0.2) is 0 Å². The third-order valence-corrected chi connectivity index (χ3v) is 2.63. The second-order valence-corrected chi connectivity index (χ2v) is 3.87. The summed E-state index contributed by atoms with van der Waals surface area (Å²) >= 11 is 0. The molecule has 1 fully saturated rings. The first-order chi connectivity index (χ1) is 7.70. The largest absolute Gasteiger partial charge is 0.504 e. The van der Waals surface area contributed by atoms with E-state index in [1.54, 1.807) is 18.2 Å². The van der Waals surface area contributed by atoms with E-state index in [0.717, 1.165) is 12.0 Å². The summed E-state index contributed by atoms with van der Waals surface area (Å²) in [5, 5.41) is 9.48. The van der Waals surface area contributed by atoms with Crippen molar-refractivity contribution in [3.05, 3.63) is 23.8 Å². The summed E-state index contributed by atoms with van der Waals surface area (Å²) in [6, 6.07) is 5.10. The summed E-state index contributed by atoms with van der Waals surface area (Å²) in [6.45, 7) is 2.71. The predicted molar refractivity (Wildman–Crippen MR) is 58.5 cm³/mol. The minimum Gasteiger partial charge on any atom is -0.504 e. The molecular weight excluding hydrogens is 208 g/mol. The predicted octanol–water partition coefficient (Wildman–Crippen LogP) is 2.22. The lowest BCUT2D eigenvalue weighted by Crippen LogP contribution is -2.24. The molecule has 2 rings (SSSR count). The number of methoxy groups -OCH3 is 1. The van der Waals surface area contributed by atoms with Crippen molar-refractivity contribution in [3.63, 3.8) is 0 Å². The van der Waals surface area contributed by atoms with Crippen LogP contribution in [-0.2, 0) is 9.47 Å². The van der Waals surface area contributed by atoms with Crippen molar-refractivity contribution >= 4 is 0 Å². The molecule has 2 atom stereocenters. The summed E-state index contributed by atoms with van der Waals surface area (Å²) < 4.78 is 16.2. The van der Waals surface area contributed by atoms with Gasteiger partial charge in [-0.05, 0) is 25.5 Å². The van der Waals surface area contributed by atoms with Crippen LogP contribution in [0.25, 0.3) is 0 Å². The summed E-state index contributed by atoms with van der Waals surface area (Å²) in [5.41, 5.74) is 0.862. The van der Waals surface area contributed by atoms with Gasteiger partial charge in [0.25, 0.3) is 0 Å². The molecule has 16 heavy (non-hydrogen) atoms. The average Bonchev–Trinajstić information content (AvgIpc) is 2.29. The maximum absolute atomic E-state index is 9.48. The number of phenols is 1. The van der Waals surface area contributed by atoms with Crippen molar-refractivity contribution in [1.29, 1.82) is 0 Å². The van der Waals surface area contributed by atoms with Gasteiger partial charge in [0.2, 0.25) is 0 Å². The van der Waals surface area contributed by atoms with Gasteiger partial charge in [-0.1, -0.05) is 6.07 Å². The Kier molecular flexibility index (Phi) is 3.31. The molecule has 4 nitrogen and oxygen atoms in total. The highest BCUT2D eigenvalue weighted by atomic mass is 16.7. The molecule has 0 aliphatic carbocycles. The molecule has 0 bridgehead atoms. The second-order valence-electron chi connectivity index (χ2n) is 3.87. The summed E-state index contributed by atoms with van der Waals surface area (Å²) in [5.74, 6) is 0.554. The Balaban J connectivity index is 2.19. The third kappa shape index (κ3) is 2.28. The number of hydrogen-bond acceptors (Lipinski definition) is 4. The van der Waals surface area contributed by atoms with Gasteiger partial charge < -0.3 is 19.3 Å². The number of benzene rings is 1. The summed E-state index contributed by atoms with van der Waals surface area (Å²) in [4.78, 5) is 0. The molecule has 1 heterocycles. The Morgan fingerprint density at radius 1 is 1.44 bits per heavy atom. The van der Waals surface area contributed by atoms with Gasteiger partial charge in [0, 0.05) is 5.56 Å². The van der Waals surface area contributed by atoms with Gasteiger partial charge in [0.15, 0.2) is 17.8 Å². The van der Waals surface area contributed by atoms with Crippen LogP contribution >= 0.6 is 0 Å². The third-order valence-electron chi connectivity index (χ3n) is 2.63. The van der Waals surface area contributed by atoms with Gasteiger partial charge in [-0.15, -0.1) is 0 Å². The highest BCUT2D eigenvalue weighted by Gasteiger charge is 2.22. The van der Waals surface area contributed by atoms with E-state index in [0.29, 0.717) is 12.4 Å². The van der Waals surface area contributed by atoms with Crippen LogP contribution < -0.4 is 4.74 Å². The lowest BCUT2D eigenvalue weighted by molar-refractivity contribution is -0.212. The van der Waals surface area contributed by atoms with Gasteiger partial charge in [-0.2, -0.15) is 0 Å². The van der Waals surface area contributed by atoms with Crippen molar-refractivity contribution in [1.82, 2.24) is 0 Å². The standard InChI is InChI=1S/C12H16O4/c1-8-5-6-15-12(16-8)9-3-4-10(13)11(7-9)14-2/h3-4,7-8,12-13H,5-6H2,1-2H3. The van der Waals surface area contributed by atoms with Crippen molar-refractivity contribution in [3.8, 4) is 11.5 Å². The molecule has 0 amide bonds. The lowest BCUT2D eigenvalue weighted by atomic mass is 10.1.